The van der Waals surface area contributed by atoms with E-state index in [-0.39, 0.29) is 4.90 Å². The van der Waals surface area contributed by atoms with Gasteiger partial charge in [0, 0.05) is 28.2 Å². The van der Waals surface area contributed by atoms with Crippen molar-refractivity contribution in [3.05, 3.63) is 77.8 Å². The zero-order valence-corrected chi connectivity index (χ0v) is 17.7. The van der Waals surface area contributed by atoms with Crippen LogP contribution in [0.15, 0.2) is 77.7 Å². The van der Waals surface area contributed by atoms with Crippen molar-refractivity contribution in [3.8, 4) is 5.75 Å². The number of methoxy groups -OCH3 is 1. The molecule has 0 bridgehead atoms. The molecule has 3 aromatic rings. The van der Waals surface area contributed by atoms with Crippen LogP contribution in [0.2, 0.25) is 5.02 Å². The molecule has 3 rings (SSSR count). The first-order valence-electron chi connectivity index (χ1n) is 8.46. The molecule has 0 unspecified atom stereocenters. The summed E-state index contributed by atoms with van der Waals surface area (Å²) in [5, 5.41) is 6.96. The number of rotatable bonds is 6. The molecule has 0 aliphatic rings. The zero-order valence-electron chi connectivity index (χ0n) is 15.3. The van der Waals surface area contributed by atoms with E-state index in [4.69, 9.17) is 28.6 Å². The lowest BCUT2D eigenvalue weighted by Crippen LogP contribution is -2.19. The average Bonchev–Trinajstić information content (AvgIpc) is 2.70. The molecular weight excluding hydrogens is 430 g/mol. The number of halogens is 1. The Balaban J connectivity index is 1.64. The fourth-order valence-electron chi connectivity index (χ4n) is 2.44. The van der Waals surface area contributed by atoms with Crippen molar-refractivity contribution in [3.63, 3.8) is 0 Å². The first-order valence-corrected chi connectivity index (χ1v) is 10.7. The van der Waals surface area contributed by atoms with E-state index < -0.39 is 10.0 Å². The molecule has 0 saturated heterocycles. The van der Waals surface area contributed by atoms with Gasteiger partial charge in [-0.05, 0) is 72.9 Å². The van der Waals surface area contributed by atoms with Crippen LogP contribution >= 0.6 is 23.8 Å². The van der Waals surface area contributed by atoms with Crippen LogP contribution in [0.3, 0.4) is 0 Å². The van der Waals surface area contributed by atoms with E-state index in [0.29, 0.717) is 27.3 Å². The van der Waals surface area contributed by atoms with Crippen LogP contribution in [0.4, 0.5) is 17.1 Å². The highest BCUT2D eigenvalue weighted by atomic mass is 35.5. The molecule has 6 nitrogen and oxygen atoms in total. The Morgan fingerprint density at radius 3 is 2.17 bits per heavy atom. The van der Waals surface area contributed by atoms with Crippen molar-refractivity contribution in [1.29, 1.82) is 0 Å². The molecule has 0 aromatic heterocycles. The average molecular weight is 448 g/mol. The number of sulfonamides is 1. The first-order chi connectivity index (χ1) is 13.9. The molecule has 150 valence electrons. The number of anilines is 3. The second-order valence-corrected chi connectivity index (χ2v) is 8.47. The van der Waals surface area contributed by atoms with Gasteiger partial charge in [0.05, 0.1) is 12.0 Å². The maximum atomic E-state index is 12.5. The van der Waals surface area contributed by atoms with Gasteiger partial charge in [0.1, 0.15) is 5.75 Å². The van der Waals surface area contributed by atoms with Crippen LogP contribution in [-0.2, 0) is 10.0 Å². The quantitative estimate of drug-likeness (QED) is 0.463. The Kier molecular flexibility index (Phi) is 6.58. The molecule has 0 amide bonds. The van der Waals surface area contributed by atoms with Crippen LogP contribution < -0.4 is 20.1 Å². The molecule has 0 aliphatic carbocycles. The highest BCUT2D eigenvalue weighted by molar-refractivity contribution is 7.92. The molecule has 0 radical (unpaired) electrons. The third-order valence-corrected chi connectivity index (χ3v) is 5.70. The second-order valence-electron chi connectivity index (χ2n) is 5.95. The smallest absolute Gasteiger partial charge is 0.261 e. The van der Waals surface area contributed by atoms with E-state index in [1.165, 1.54) is 12.1 Å². The topological polar surface area (TPSA) is 79.5 Å². The summed E-state index contributed by atoms with van der Waals surface area (Å²) in [4.78, 5) is 0.129. The fourth-order valence-corrected chi connectivity index (χ4v) is 3.86. The van der Waals surface area contributed by atoms with Crippen LogP contribution in [0.25, 0.3) is 0 Å². The van der Waals surface area contributed by atoms with Crippen LogP contribution in [0, 0.1) is 0 Å². The van der Waals surface area contributed by atoms with E-state index in [1.807, 2.05) is 24.3 Å². The molecule has 3 N–H and O–H groups in total. The highest BCUT2D eigenvalue weighted by Gasteiger charge is 2.14. The summed E-state index contributed by atoms with van der Waals surface area (Å²) in [6.45, 7) is 0. The van der Waals surface area contributed by atoms with E-state index in [9.17, 15) is 8.42 Å². The maximum absolute atomic E-state index is 12.5. The SMILES string of the molecule is COc1cccc(NC(=S)Nc2ccc(S(=O)(=O)Nc3ccc(Cl)cc3)cc2)c1. The summed E-state index contributed by atoms with van der Waals surface area (Å²) in [5.41, 5.74) is 1.85. The first kappa shape index (κ1) is 20.9. The molecule has 0 saturated carbocycles. The van der Waals surface area contributed by atoms with E-state index >= 15 is 0 Å². The second kappa shape index (κ2) is 9.13. The molecule has 9 heteroatoms. The van der Waals surface area contributed by atoms with Crippen LogP contribution in [0.5, 0.6) is 5.75 Å². The van der Waals surface area contributed by atoms with Crippen LogP contribution in [-0.4, -0.2) is 20.6 Å². The molecule has 0 aliphatic heterocycles. The minimum absolute atomic E-state index is 0.129. The summed E-state index contributed by atoms with van der Waals surface area (Å²) >= 11 is 11.1. The van der Waals surface area contributed by atoms with E-state index in [1.54, 1.807) is 43.5 Å². The van der Waals surface area contributed by atoms with Gasteiger partial charge in [-0.15, -0.1) is 0 Å². The standard InChI is InChI=1S/C20H18ClN3O3S2/c1-27-18-4-2-3-17(13-18)23-20(28)22-15-9-11-19(12-10-15)29(25,26)24-16-7-5-14(21)6-8-16/h2-13,24H,1H3,(H2,22,23,28). The number of nitrogens with one attached hydrogen (secondary N) is 3. The summed E-state index contributed by atoms with van der Waals surface area (Å²) in [6, 6.07) is 20.0. The highest BCUT2D eigenvalue weighted by Crippen LogP contribution is 2.21. The Hall–Kier alpha value is -2.81. The molecule has 3 aromatic carbocycles. The lowest BCUT2D eigenvalue weighted by Gasteiger charge is -2.12. The van der Waals surface area contributed by atoms with Crippen molar-refractivity contribution < 1.29 is 13.2 Å². The molecule has 0 heterocycles. The van der Waals surface area contributed by atoms with Gasteiger partial charge in [-0.1, -0.05) is 17.7 Å². The Morgan fingerprint density at radius 1 is 0.897 bits per heavy atom. The van der Waals surface area contributed by atoms with Gasteiger partial charge in [-0.2, -0.15) is 0 Å². The van der Waals surface area contributed by atoms with Crippen molar-refractivity contribution in [2.24, 2.45) is 0 Å². The third kappa shape index (κ3) is 5.83. The molecule has 0 spiro atoms. The van der Waals surface area contributed by atoms with Gasteiger partial charge in [-0.3, -0.25) is 4.72 Å². The maximum Gasteiger partial charge on any atom is 0.261 e. The van der Waals surface area contributed by atoms with E-state index in [0.717, 1.165) is 5.69 Å². The summed E-state index contributed by atoms with van der Waals surface area (Å²) in [7, 11) is -2.12. The fraction of sp³-hybridized carbons (Fsp3) is 0.0500. The molecule has 0 fully saturated rings. The van der Waals surface area contributed by atoms with Gasteiger partial charge in [-0.25, -0.2) is 8.42 Å². The van der Waals surface area contributed by atoms with Crippen molar-refractivity contribution >= 4 is 56.0 Å². The molecule has 29 heavy (non-hydrogen) atoms. The minimum atomic E-state index is -3.71. The molecule has 0 atom stereocenters. The zero-order chi connectivity index (χ0) is 20.9. The lowest BCUT2D eigenvalue weighted by atomic mass is 10.3. The van der Waals surface area contributed by atoms with Gasteiger partial charge in [0.2, 0.25) is 0 Å². The number of ether oxygens (including phenoxy) is 1. The van der Waals surface area contributed by atoms with Crippen LogP contribution in [0.1, 0.15) is 0 Å². The predicted octanol–water partition coefficient (Wildman–Crippen LogP) is 4.96. The normalized spacial score (nSPS) is 10.8. The third-order valence-electron chi connectivity index (χ3n) is 3.85. The van der Waals surface area contributed by atoms with Crippen molar-refractivity contribution in [2.75, 3.05) is 22.5 Å². The Morgan fingerprint density at radius 2 is 1.52 bits per heavy atom. The molecular formula is C20H18ClN3O3S2. The number of hydrogen-bond acceptors (Lipinski definition) is 4. The van der Waals surface area contributed by atoms with Gasteiger partial charge in [0.25, 0.3) is 10.0 Å². The van der Waals surface area contributed by atoms with Gasteiger partial charge >= 0.3 is 0 Å². The summed E-state index contributed by atoms with van der Waals surface area (Å²) in [6.07, 6.45) is 0. The van der Waals surface area contributed by atoms with E-state index in [2.05, 4.69) is 15.4 Å². The van der Waals surface area contributed by atoms with Crippen molar-refractivity contribution in [2.45, 2.75) is 4.90 Å². The number of hydrogen-bond donors (Lipinski definition) is 3. The number of thiocarbonyl (C=S) groups is 1. The predicted molar refractivity (Wildman–Crippen MR) is 122 cm³/mol. The lowest BCUT2D eigenvalue weighted by molar-refractivity contribution is 0.415. The largest absolute Gasteiger partial charge is 0.497 e. The number of benzene rings is 3. The summed E-state index contributed by atoms with van der Waals surface area (Å²) < 4.78 is 32.7. The van der Waals surface area contributed by atoms with Crippen molar-refractivity contribution in [1.82, 2.24) is 0 Å². The van der Waals surface area contributed by atoms with Gasteiger partial charge in [0.15, 0.2) is 5.11 Å². The Labute approximate surface area is 179 Å². The monoisotopic (exact) mass is 447 g/mol. The summed E-state index contributed by atoms with van der Waals surface area (Å²) in [5.74, 6) is 0.709. The Bertz CT molecular complexity index is 1100. The minimum Gasteiger partial charge on any atom is -0.497 e. The van der Waals surface area contributed by atoms with Gasteiger partial charge < -0.3 is 15.4 Å².